The number of fused-ring (bicyclic) bond motifs is 1. The number of hydrogen-bond donors (Lipinski definition) is 3. The monoisotopic (exact) mass is 564 g/mol. The molecule has 4 rings (SSSR count). The number of anilines is 3. The number of ether oxygens (including phenoxy) is 1. The third-order valence-corrected chi connectivity index (χ3v) is 6.75. The first kappa shape index (κ1) is 23.9. The number of hydrogen-bond acceptors (Lipinski definition) is 8. The highest BCUT2D eigenvalue weighted by Gasteiger charge is 2.18. The van der Waals surface area contributed by atoms with Crippen molar-refractivity contribution in [1.82, 2.24) is 19.4 Å². The van der Waals surface area contributed by atoms with Gasteiger partial charge in [-0.05, 0) is 71.7 Å². The number of aliphatic hydroxyl groups excluding tert-OH is 1. The first-order valence-corrected chi connectivity index (χ1v) is 12.3. The second kappa shape index (κ2) is 10.8. The normalized spacial score (nSPS) is 16.5. The van der Waals surface area contributed by atoms with E-state index in [0.29, 0.717) is 29.4 Å². The maximum absolute atomic E-state index is 13.4. The quantitative estimate of drug-likeness (QED) is 0.284. The molecule has 3 N–H and O–H groups in total. The van der Waals surface area contributed by atoms with E-state index in [4.69, 9.17) is 4.74 Å². The molecule has 176 valence electrons. The van der Waals surface area contributed by atoms with Crippen LogP contribution in [-0.4, -0.2) is 67.5 Å². The number of nitrogens with one attached hydrogen (secondary N) is 2. The lowest BCUT2D eigenvalue weighted by Gasteiger charge is -2.26. The Bertz CT molecular complexity index is 1160. The minimum absolute atomic E-state index is 0.105. The molecule has 0 amide bonds. The van der Waals surface area contributed by atoms with E-state index in [1.54, 1.807) is 10.8 Å². The van der Waals surface area contributed by atoms with E-state index in [0.717, 1.165) is 43.8 Å². The summed E-state index contributed by atoms with van der Waals surface area (Å²) in [5.41, 5.74) is 0.975. The summed E-state index contributed by atoms with van der Waals surface area (Å²) in [5, 5.41) is 17.7. The molecule has 1 saturated heterocycles. The van der Waals surface area contributed by atoms with Crippen LogP contribution in [0.25, 0.3) is 10.8 Å². The fourth-order valence-electron chi connectivity index (χ4n) is 3.74. The Labute approximate surface area is 206 Å². The highest BCUT2D eigenvalue weighted by atomic mass is 127. The van der Waals surface area contributed by atoms with E-state index in [1.807, 2.05) is 66.9 Å². The van der Waals surface area contributed by atoms with Gasteiger partial charge in [0.1, 0.15) is 21.6 Å². The van der Waals surface area contributed by atoms with Gasteiger partial charge in [-0.25, -0.2) is 9.97 Å². The maximum atomic E-state index is 13.4. The second-order valence-corrected chi connectivity index (χ2v) is 9.51. The van der Waals surface area contributed by atoms with Crippen molar-refractivity contribution in [3.05, 3.63) is 52.6 Å². The molecule has 0 spiro atoms. The zero-order valence-corrected chi connectivity index (χ0v) is 20.9. The molecular formula is C23H29IN6O3. The van der Waals surface area contributed by atoms with Crippen LogP contribution in [-0.2, 0) is 11.3 Å². The zero-order valence-electron chi connectivity index (χ0n) is 18.8. The van der Waals surface area contributed by atoms with Crippen LogP contribution in [0.2, 0.25) is 0 Å². The SMILES string of the molecule is Cc1ccnc(Nc2cc3ccn(CCN4CCOCC4)c(=O)c3c(N[C@@H](C)C(O)I)n2)c1. The first-order chi connectivity index (χ1) is 15.9. The summed E-state index contributed by atoms with van der Waals surface area (Å²) in [7, 11) is 0. The van der Waals surface area contributed by atoms with Gasteiger partial charge in [0.05, 0.1) is 24.6 Å². The van der Waals surface area contributed by atoms with Crippen molar-refractivity contribution in [2.75, 3.05) is 43.5 Å². The van der Waals surface area contributed by atoms with Crippen LogP contribution in [0.3, 0.4) is 0 Å². The average Bonchev–Trinajstić information content (AvgIpc) is 2.79. The van der Waals surface area contributed by atoms with Gasteiger partial charge in [0, 0.05) is 38.6 Å². The molecule has 1 aliphatic rings. The fourth-order valence-corrected chi connectivity index (χ4v) is 3.92. The Morgan fingerprint density at radius 3 is 2.73 bits per heavy atom. The van der Waals surface area contributed by atoms with Gasteiger partial charge in [0.25, 0.3) is 5.56 Å². The van der Waals surface area contributed by atoms with Crippen molar-refractivity contribution in [3.63, 3.8) is 0 Å². The van der Waals surface area contributed by atoms with E-state index in [1.165, 1.54) is 0 Å². The van der Waals surface area contributed by atoms with Crippen molar-refractivity contribution in [3.8, 4) is 0 Å². The first-order valence-electron chi connectivity index (χ1n) is 11.0. The molecule has 0 saturated carbocycles. The molecule has 9 nitrogen and oxygen atoms in total. The molecule has 33 heavy (non-hydrogen) atoms. The summed E-state index contributed by atoms with van der Waals surface area (Å²) >= 11 is 1.94. The number of alkyl halides is 1. The van der Waals surface area contributed by atoms with Crippen LogP contribution in [0.15, 0.2) is 41.5 Å². The molecule has 2 atom stereocenters. The second-order valence-electron chi connectivity index (χ2n) is 8.24. The van der Waals surface area contributed by atoms with Gasteiger partial charge in [-0.3, -0.25) is 9.69 Å². The predicted octanol–water partition coefficient (Wildman–Crippen LogP) is 2.73. The van der Waals surface area contributed by atoms with E-state index >= 15 is 0 Å². The fraction of sp³-hybridized carbons (Fsp3) is 0.435. The Kier molecular flexibility index (Phi) is 7.78. The zero-order chi connectivity index (χ0) is 23.4. The molecule has 10 heteroatoms. The van der Waals surface area contributed by atoms with Crippen LogP contribution >= 0.6 is 22.6 Å². The standard InChI is InChI=1S/C23H29IN6O3/c1-15-3-5-25-18(13-15)27-19-14-17-4-6-30(8-7-29-9-11-33-12-10-29)23(32)20(17)22(28-19)26-16(2)21(24)31/h3-6,13-14,16,21,31H,7-12H2,1-2H3,(H2,25,26,27,28)/t16-,21?/m0/s1. The van der Waals surface area contributed by atoms with Gasteiger partial charge in [0.15, 0.2) is 0 Å². The van der Waals surface area contributed by atoms with E-state index in [9.17, 15) is 9.90 Å². The van der Waals surface area contributed by atoms with Gasteiger partial charge < -0.3 is 25.0 Å². The number of halogens is 1. The van der Waals surface area contributed by atoms with Crippen molar-refractivity contribution in [2.24, 2.45) is 0 Å². The summed E-state index contributed by atoms with van der Waals surface area (Å²) in [4.78, 5) is 24.8. The van der Waals surface area contributed by atoms with Crippen molar-refractivity contribution in [1.29, 1.82) is 0 Å². The summed E-state index contributed by atoms with van der Waals surface area (Å²) in [6.45, 7) is 8.44. The molecule has 1 fully saturated rings. The largest absolute Gasteiger partial charge is 0.381 e. The number of rotatable bonds is 8. The van der Waals surface area contributed by atoms with Gasteiger partial charge >= 0.3 is 0 Å². The molecule has 0 aliphatic carbocycles. The van der Waals surface area contributed by atoms with Crippen LogP contribution < -0.4 is 16.2 Å². The smallest absolute Gasteiger partial charge is 0.262 e. The van der Waals surface area contributed by atoms with Crippen molar-refractivity contribution in [2.45, 2.75) is 30.5 Å². The van der Waals surface area contributed by atoms with Crippen LogP contribution in [0, 0.1) is 6.92 Å². The number of morpholine rings is 1. The van der Waals surface area contributed by atoms with Gasteiger partial charge in [0.2, 0.25) is 0 Å². The number of nitrogens with zero attached hydrogens (tertiary/aromatic N) is 4. The summed E-state index contributed by atoms with van der Waals surface area (Å²) < 4.78 is 6.50. The van der Waals surface area contributed by atoms with Gasteiger partial charge in [-0.2, -0.15) is 0 Å². The molecule has 4 heterocycles. The summed E-state index contributed by atoms with van der Waals surface area (Å²) in [6, 6.07) is 7.34. The van der Waals surface area contributed by atoms with Gasteiger partial charge in [-0.15, -0.1) is 0 Å². The number of aliphatic hydroxyl groups is 1. The van der Waals surface area contributed by atoms with E-state index < -0.39 is 4.11 Å². The highest BCUT2D eigenvalue weighted by Crippen LogP contribution is 2.25. The molecule has 1 unspecified atom stereocenters. The number of aryl methyl sites for hydroxylation is 1. The summed E-state index contributed by atoms with van der Waals surface area (Å²) in [5.74, 6) is 1.69. The molecule has 0 radical (unpaired) electrons. The molecule has 3 aromatic heterocycles. The number of aromatic nitrogens is 3. The lowest BCUT2D eigenvalue weighted by Crippen LogP contribution is -2.39. The van der Waals surface area contributed by atoms with Crippen LogP contribution in [0.4, 0.5) is 17.5 Å². The minimum atomic E-state index is -0.637. The van der Waals surface area contributed by atoms with Crippen LogP contribution in [0.5, 0.6) is 0 Å². The lowest BCUT2D eigenvalue weighted by molar-refractivity contribution is 0.0363. The van der Waals surface area contributed by atoms with Crippen molar-refractivity contribution >= 4 is 50.8 Å². The predicted molar refractivity (Wildman–Crippen MR) is 139 cm³/mol. The third kappa shape index (κ3) is 5.99. The van der Waals surface area contributed by atoms with Crippen LogP contribution in [0.1, 0.15) is 12.5 Å². The third-order valence-electron chi connectivity index (χ3n) is 5.67. The van der Waals surface area contributed by atoms with Crippen molar-refractivity contribution < 1.29 is 9.84 Å². The van der Waals surface area contributed by atoms with E-state index in [-0.39, 0.29) is 11.6 Å². The van der Waals surface area contributed by atoms with E-state index in [2.05, 4.69) is 25.5 Å². The molecule has 0 aromatic carbocycles. The molecule has 1 aliphatic heterocycles. The molecular weight excluding hydrogens is 535 g/mol. The van der Waals surface area contributed by atoms with Gasteiger partial charge in [-0.1, -0.05) is 0 Å². The summed E-state index contributed by atoms with van der Waals surface area (Å²) in [6.07, 6.45) is 3.57. The lowest BCUT2D eigenvalue weighted by atomic mass is 10.2. The molecule has 3 aromatic rings. The highest BCUT2D eigenvalue weighted by molar-refractivity contribution is 14.1. The topological polar surface area (TPSA) is 105 Å². The Morgan fingerprint density at radius 1 is 1.21 bits per heavy atom. The Morgan fingerprint density at radius 2 is 2.00 bits per heavy atom. The maximum Gasteiger partial charge on any atom is 0.262 e. The molecule has 0 bridgehead atoms. The Balaban J connectivity index is 1.68. The minimum Gasteiger partial charge on any atom is -0.381 e. The Hall–Kier alpha value is -2.28. The average molecular weight is 564 g/mol. The number of pyridine rings is 3.